The molecule has 0 radical (unpaired) electrons. The van der Waals surface area contributed by atoms with Crippen LogP contribution in [0.3, 0.4) is 0 Å². The monoisotopic (exact) mass is 534 g/mol. The molecule has 1 aromatic rings. The average Bonchev–Trinajstić information content (AvgIpc) is 3.30. The van der Waals surface area contributed by atoms with E-state index >= 15 is 0 Å². The molecule has 0 aliphatic heterocycles. The smallest absolute Gasteiger partial charge is 0.348 e. The molecule has 7 nitrogen and oxygen atoms in total. The molecule has 37 heavy (non-hydrogen) atoms. The van der Waals surface area contributed by atoms with Gasteiger partial charge < -0.3 is 20.5 Å². The molecular weight excluding hydrogens is 488 g/mol. The molecule has 3 rings (SSSR count). The van der Waals surface area contributed by atoms with E-state index in [1.807, 2.05) is 24.8 Å². The van der Waals surface area contributed by atoms with E-state index in [1.54, 1.807) is 0 Å². The Labute approximate surface area is 226 Å². The highest BCUT2D eigenvalue weighted by Crippen LogP contribution is 2.42. The number of hydrogen-bond acceptors (Lipinski definition) is 6. The van der Waals surface area contributed by atoms with Crippen molar-refractivity contribution in [2.24, 2.45) is 23.5 Å². The number of nitrogens with two attached hydrogens (primary N) is 1. The standard InChI is InChI=1S/C29H46N2O5S/c1-7-18(3)24(30)28(35)36-21-14-12-20(13-15-21)31(26(32)19-10-8-17(2)9-11-19)22-16-23(29(4,5)6)37-25(22)27(33)34/h16-21,24H,7-15,30H2,1-6H3,(H,33,34)/t17?,18-,19?,20?,21?,24+/m0/s1. The predicted octanol–water partition coefficient (Wildman–Crippen LogP) is 6.13. The maximum absolute atomic E-state index is 14.0. The van der Waals surface area contributed by atoms with E-state index in [9.17, 15) is 19.5 Å². The Balaban J connectivity index is 1.84. The van der Waals surface area contributed by atoms with Crippen molar-refractivity contribution >= 4 is 34.9 Å². The molecule has 0 bridgehead atoms. The molecule has 2 aliphatic carbocycles. The molecule has 1 amide bonds. The van der Waals surface area contributed by atoms with Crippen molar-refractivity contribution in [2.75, 3.05) is 4.90 Å². The second-order valence-electron chi connectivity index (χ2n) is 12.3. The van der Waals surface area contributed by atoms with Crippen molar-refractivity contribution in [3.8, 4) is 0 Å². The van der Waals surface area contributed by atoms with Crippen LogP contribution in [0.1, 0.15) is 114 Å². The third-order valence-electron chi connectivity index (χ3n) is 8.33. The fraction of sp³-hybridized carbons (Fsp3) is 0.759. The summed E-state index contributed by atoms with van der Waals surface area (Å²) in [5.74, 6) is -0.713. The van der Waals surface area contributed by atoms with Crippen LogP contribution in [0, 0.1) is 17.8 Å². The average molecular weight is 535 g/mol. The van der Waals surface area contributed by atoms with Gasteiger partial charge in [-0.15, -0.1) is 11.3 Å². The number of nitrogens with zero attached hydrogens (tertiary/aromatic N) is 1. The second kappa shape index (κ2) is 12.3. The van der Waals surface area contributed by atoms with Gasteiger partial charge in [-0.05, 0) is 74.7 Å². The summed E-state index contributed by atoms with van der Waals surface area (Å²) in [5.41, 5.74) is 6.39. The highest BCUT2D eigenvalue weighted by molar-refractivity contribution is 7.14. The number of carbonyl (C=O) groups is 3. The van der Waals surface area contributed by atoms with Gasteiger partial charge in [-0.2, -0.15) is 0 Å². The minimum atomic E-state index is -0.993. The fourth-order valence-electron chi connectivity index (χ4n) is 5.43. The topological polar surface area (TPSA) is 110 Å². The van der Waals surface area contributed by atoms with E-state index in [0.717, 1.165) is 37.0 Å². The molecule has 0 spiro atoms. The third-order valence-corrected chi connectivity index (χ3v) is 9.87. The highest BCUT2D eigenvalue weighted by Gasteiger charge is 2.39. The Bertz CT molecular complexity index is 952. The lowest BCUT2D eigenvalue weighted by molar-refractivity contribution is -0.153. The molecule has 3 N–H and O–H groups in total. The van der Waals surface area contributed by atoms with Gasteiger partial charge in [0.1, 0.15) is 17.0 Å². The zero-order valence-electron chi connectivity index (χ0n) is 23.4. The zero-order chi connectivity index (χ0) is 27.5. The van der Waals surface area contributed by atoms with Crippen molar-refractivity contribution in [1.29, 1.82) is 0 Å². The highest BCUT2D eigenvalue weighted by atomic mass is 32.1. The number of anilines is 1. The Morgan fingerprint density at radius 2 is 1.70 bits per heavy atom. The van der Waals surface area contributed by atoms with E-state index < -0.39 is 12.0 Å². The number of carboxylic acid groups (broad SMARTS) is 1. The summed E-state index contributed by atoms with van der Waals surface area (Å²) in [5, 5.41) is 10.1. The molecule has 8 heteroatoms. The van der Waals surface area contributed by atoms with Crippen molar-refractivity contribution in [2.45, 2.75) is 123 Å². The van der Waals surface area contributed by atoms with E-state index in [-0.39, 0.29) is 46.2 Å². The largest absolute Gasteiger partial charge is 0.477 e. The number of aromatic carboxylic acids is 1. The molecule has 2 fully saturated rings. The van der Waals surface area contributed by atoms with Crippen LogP contribution in [-0.4, -0.2) is 41.1 Å². The molecule has 208 valence electrons. The van der Waals surface area contributed by atoms with Crippen LogP contribution in [-0.2, 0) is 19.7 Å². The summed E-state index contributed by atoms with van der Waals surface area (Å²) in [6, 6.07) is 1.18. The van der Waals surface area contributed by atoms with Crippen molar-refractivity contribution in [1.82, 2.24) is 0 Å². The molecule has 2 aliphatic rings. The number of carbonyl (C=O) groups excluding carboxylic acids is 2. The fourth-order valence-corrected chi connectivity index (χ4v) is 6.48. The van der Waals surface area contributed by atoms with Gasteiger partial charge in [0.05, 0.1) is 5.69 Å². The van der Waals surface area contributed by atoms with Crippen LogP contribution < -0.4 is 10.6 Å². The van der Waals surface area contributed by atoms with Gasteiger partial charge in [-0.3, -0.25) is 9.59 Å². The summed E-state index contributed by atoms with van der Waals surface area (Å²) < 4.78 is 5.75. The number of ether oxygens (including phenoxy) is 1. The Kier molecular flexibility index (Phi) is 9.84. The summed E-state index contributed by atoms with van der Waals surface area (Å²) in [4.78, 5) is 41.9. The first-order valence-corrected chi connectivity index (χ1v) is 14.8. The number of esters is 1. The Hall–Kier alpha value is -1.93. The number of amides is 1. The molecule has 2 saturated carbocycles. The van der Waals surface area contributed by atoms with E-state index in [1.165, 1.54) is 11.3 Å². The lowest BCUT2D eigenvalue weighted by Crippen LogP contribution is -2.48. The van der Waals surface area contributed by atoms with Gasteiger partial charge in [-0.25, -0.2) is 4.79 Å². The second-order valence-corrected chi connectivity index (χ2v) is 13.4. The molecule has 1 aromatic heterocycles. The van der Waals surface area contributed by atoms with Crippen molar-refractivity contribution < 1.29 is 24.2 Å². The number of rotatable bonds is 8. The van der Waals surface area contributed by atoms with Gasteiger partial charge in [0, 0.05) is 16.8 Å². The molecule has 0 saturated heterocycles. The lowest BCUT2D eigenvalue weighted by Gasteiger charge is -2.39. The first-order valence-electron chi connectivity index (χ1n) is 14.0. The van der Waals surface area contributed by atoms with Crippen LogP contribution in [0.2, 0.25) is 0 Å². The summed E-state index contributed by atoms with van der Waals surface area (Å²) in [6.45, 7) is 12.4. The number of carboxylic acids is 1. The minimum Gasteiger partial charge on any atom is -0.477 e. The van der Waals surface area contributed by atoms with Gasteiger partial charge in [0.2, 0.25) is 5.91 Å². The first-order chi connectivity index (χ1) is 17.3. The van der Waals surface area contributed by atoms with E-state index in [0.29, 0.717) is 37.3 Å². The zero-order valence-corrected chi connectivity index (χ0v) is 24.2. The quantitative estimate of drug-likeness (QED) is 0.388. The normalized spacial score (nSPS) is 26.2. The summed E-state index contributed by atoms with van der Waals surface area (Å²) in [7, 11) is 0. The molecule has 0 aromatic carbocycles. The van der Waals surface area contributed by atoms with Crippen LogP contribution >= 0.6 is 11.3 Å². The van der Waals surface area contributed by atoms with E-state index in [4.69, 9.17) is 10.5 Å². The minimum absolute atomic E-state index is 0.0481. The van der Waals surface area contributed by atoms with Gasteiger partial charge in [0.15, 0.2) is 0 Å². The SMILES string of the molecule is CC[C@H](C)[C@@H](N)C(=O)OC1CCC(N(C(=O)C2CCC(C)CC2)c2cc(C(C)(C)C)sc2C(=O)O)CC1. The van der Waals surface area contributed by atoms with Gasteiger partial charge in [0.25, 0.3) is 0 Å². The first kappa shape index (κ1) is 29.6. The number of thiophene rings is 1. The molecule has 0 unspecified atom stereocenters. The van der Waals surface area contributed by atoms with Crippen LogP contribution in [0.4, 0.5) is 5.69 Å². The van der Waals surface area contributed by atoms with E-state index in [2.05, 4.69) is 27.7 Å². The third kappa shape index (κ3) is 7.14. The van der Waals surface area contributed by atoms with Crippen LogP contribution in [0.15, 0.2) is 6.07 Å². The lowest BCUT2D eigenvalue weighted by atomic mass is 9.81. The summed E-state index contributed by atoms with van der Waals surface area (Å²) in [6.07, 6.45) is 6.89. The molecular formula is C29H46N2O5S. The van der Waals surface area contributed by atoms with Crippen LogP contribution in [0.5, 0.6) is 0 Å². The Morgan fingerprint density at radius 3 is 2.22 bits per heavy atom. The maximum atomic E-state index is 14.0. The molecule has 1 heterocycles. The maximum Gasteiger partial charge on any atom is 0.348 e. The van der Waals surface area contributed by atoms with Crippen molar-refractivity contribution in [3.05, 3.63) is 15.8 Å². The van der Waals surface area contributed by atoms with Crippen molar-refractivity contribution in [3.63, 3.8) is 0 Å². The van der Waals surface area contributed by atoms with Gasteiger partial charge in [-0.1, -0.05) is 48.0 Å². The van der Waals surface area contributed by atoms with Gasteiger partial charge >= 0.3 is 11.9 Å². The molecule has 2 atom stereocenters. The number of hydrogen-bond donors (Lipinski definition) is 2. The Morgan fingerprint density at radius 1 is 1.11 bits per heavy atom. The van der Waals surface area contributed by atoms with Crippen LogP contribution in [0.25, 0.3) is 0 Å². The summed E-state index contributed by atoms with van der Waals surface area (Å²) >= 11 is 1.27. The predicted molar refractivity (Wildman–Crippen MR) is 148 cm³/mol.